The van der Waals surface area contributed by atoms with Crippen LogP contribution in [0.2, 0.25) is 0 Å². The summed E-state index contributed by atoms with van der Waals surface area (Å²) in [5.41, 5.74) is -0.111. The van der Waals surface area contributed by atoms with Crippen molar-refractivity contribution in [2.75, 3.05) is 0 Å². The summed E-state index contributed by atoms with van der Waals surface area (Å²) in [5, 5.41) is 9.58. The third-order valence-electron chi connectivity index (χ3n) is 4.84. The Bertz CT molecular complexity index is 557. The van der Waals surface area contributed by atoms with Crippen LogP contribution >= 0.6 is 0 Å². The van der Waals surface area contributed by atoms with E-state index in [0.717, 1.165) is 19.4 Å². The number of nitrogens with zero attached hydrogens (tertiary/aromatic N) is 1. The van der Waals surface area contributed by atoms with Gasteiger partial charge in [0.2, 0.25) is 5.60 Å². The maximum absolute atomic E-state index is 11.7. The highest BCUT2D eigenvalue weighted by molar-refractivity contribution is 5.81. The minimum absolute atomic E-state index is 0.161. The molecule has 2 heterocycles. The van der Waals surface area contributed by atoms with Crippen LogP contribution in [0.15, 0.2) is 30.3 Å². The van der Waals surface area contributed by atoms with Gasteiger partial charge < -0.3 is 9.84 Å². The molecule has 0 radical (unpaired) electrons. The molecule has 2 aliphatic rings. The van der Waals surface area contributed by atoms with Crippen molar-refractivity contribution in [2.45, 2.75) is 56.8 Å². The molecule has 2 saturated heterocycles. The molecule has 1 N–H and O–H groups in total. The number of rotatable bonds is 4. The number of carboxylic acid groups (broad SMARTS) is 1. The van der Waals surface area contributed by atoms with Crippen molar-refractivity contribution in [1.82, 2.24) is 4.90 Å². The summed E-state index contributed by atoms with van der Waals surface area (Å²) in [4.78, 5) is 25.4. The fourth-order valence-corrected chi connectivity index (χ4v) is 3.93. The fourth-order valence-electron chi connectivity index (χ4n) is 3.93. The Morgan fingerprint density at radius 1 is 1.23 bits per heavy atom. The first-order valence-corrected chi connectivity index (χ1v) is 7.73. The van der Waals surface area contributed by atoms with Gasteiger partial charge in [-0.05, 0) is 18.4 Å². The van der Waals surface area contributed by atoms with Gasteiger partial charge in [-0.15, -0.1) is 0 Å². The number of carbonyl (C=O) groups excluding carboxylic acids is 1. The van der Waals surface area contributed by atoms with Crippen molar-refractivity contribution in [2.24, 2.45) is 0 Å². The van der Waals surface area contributed by atoms with Crippen molar-refractivity contribution in [1.29, 1.82) is 0 Å². The minimum Gasteiger partial charge on any atom is -0.478 e. The number of piperidine rings is 1. The molecule has 1 aromatic carbocycles. The van der Waals surface area contributed by atoms with Gasteiger partial charge in [0, 0.05) is 38.4 Å². The number of carbonyl (C=O) groups is 2. The Morgan fingerprint density at radius 3 is 2.32 bits per heavy atom. The Labute approximate surface area is 129 Å². The molecule has 2 fully saturated rings. The molecule has 3 rings (SSSR count). The second kappa shape index (κ2) is 5.72. The SMILES string of the molecule is CC(=O)O[C@@]1(C(=O)O)C[C@H]2CC[C@@H](C1)N2Cc1ccccc1. The van der Waals surface area contributed by atoms with Crippen LogP contribution in [0.25, 0.3) is 0 Å². The lowest BCUT2D eigenvalue weighted by molar-refractivity contribution is -0.186. The maximum atomic E-state index is 11.7. The van der Waals surface area contributed by atoms with Gasteiger partial charge in [0.25, 0.3) is 0 Å². The third kappa shape index (κ3) is 2.73. The predicted octanol–water partition coefficient (Wildman–Crippen LogP) is 2.20. The number of esters is 1. The van der Waals surface area contributed by atoms with E-state index in [0.29, 0.717) is 12.8 Å². The molecule has 118 valence electrons. The van der Waals surface area contributed by atoms with Crippen LogP contribution in [-0.4, -0.2) is 39.6 Å². The Hall–Kier alpha value is -1.88. The second-order valence-corrected chi connectivity index (χ2v) is 6.34. The molecule has 0 aromatic heterocycles. The van der Waals surface area contributed by atoms with Crippen molar-refractivity contribution < 1.29 is 19.4 Å². The zero-order chi connectivity index (χ0) is 15.7. The fraction of sp³-hybridized carbons (Fsp3) is 0.529. The molecule has 1 aromatic rings. The Balaban J connectivity index is 1.78. The summed E-state index contributed by atoms with van der Waals surface area (Å²) in [7, 11) is 0. The van der Waals surface area contributed by atoms with Gasteiger partial charge in [-0.3, -0.25) is 9.69 Å². The van der Waals surface area contributed by atoms with E-state index in [4.69, 9.17) is 4.74 Å². The lowest BCUT2D eigenvalue weighted by Gasteiger charge is -2.43. The van der Waals surface area contributed by atoms with Crippen LogP contribution in [-0.2, 0) is 20.9 Å². The van der Waals surface area contributed by atoms with E-state index in [2.05, 4.69) is 17.0 Å². The van der Waals surface area contributed by atoms with Crippen LogP contribution in [0.3, 0.4) is 0 Å². The molecule has 5 nitrogen and oxygen atoms in total. The first-order valence-electron chi connectivity index (χ1n) is 7.73. The van der Waals surface area contributed by atoms with Gasteiger partial charge in [0.05, 0.1) is 0 Å². The number of fused-ring (bicyclic) bond motifs is 2. The third-order valence-corrected chi connectivity index (χ3v) is 4.84. The summed E-state index contributed by atoms with van der Waals surface area (Å²) < 4.78 is 5.25. The van der Waals surface area contributed by atoms with Crippen LogP contribution in [0, 0.1) is 0 Å². The number of carboxylic acids is 1. The summed E-state index contributed by atoms with van der Waals surface area (Å²) in [6.07, 6.45) is 2.69. The van der Waals surface area contributed by atoms with E-state index in [1.54, 1.807) is 0 Å². The Kier molecular flexibility index (Phi) is 3.91. The van der Waals surface area contributed by atoms with E-state index in [9.17, 15) is 14.7 Å². The topological polar surface area (TPSA) is 66.8 Å². The standard InChI is InChI=1S/C17H21NO4/c1-12(19)22-17(16(20)21)9-14-7-8-15(10-17)18(14)11-13-5-3-2-4-6-13/h2-6,14-15H,7-11H2,1H3,(H,20,21)/t14-,15+,17+. The molecule has 0 unspecified atom stereocenters. The normalized spacial score (nSPS) is 31.0. The second-order valence-electron chi connectivity index (χ2n) is 6.34. The molecule has 22 heavy (non-hydrogen) atoms. The molecule has 5 heteroatoms. The van der Waals surface area contributed by atoms with Crippen LogP contribution in [0.1, 0.15) is 38.2 Å². The summed E-state index contributed by atoms with van der Waals surface area (Å²) in [5.74, 6) is -1.53. The average molecular weight is 303 g/mol. The number of aliphatic carboxylic acids is 1. The molecule has 0 aliphatic carbocycles. The lowest BCUT2D eigenvalue weighted by Crippen LogP contribution is -2.56. The molecule has 0 amide bonds. The molecule has 0 spiro atoms. The molecule has 2 bridgehead atoms. The molecule has 3 atom stereocenters. The quantitative estimate of drug-likeness (QED) is 0.864. The highest BCUT2D eigenvalue weighted by Gasteiger charge is 2.54. The smallest absolute Gasteiger partial charge is 0.348 e. The van der Waals surface area contributed by atoms with Gasteiger partial charge in [-0.2, -0.15) is 0 Å². The number of ether oxygens (including phenoxy) is 1. The van der Waals surface area contributed by atoms with Crippen LogP contribution < -0.4 is 0 Å². The predicted molar refractivity (Wildman–Crippen MR) is 80.2 cm³/mol. The van der Waals surface area contributed by atoms with Gasteiger partial charge in [-0.1, -0.05) is 30.3 Å². The summed E-state index contributed by atoms with van der Waals surface area (Å²) in [6.45, 7) is 2.11. The van der Waals surface area contributed by atoms with Crippen molar-refractivity contribution >= 4 is 11.9 Å². The highest BCUT2D eigenvalue weighted by atomic mass is 16.6. The zero-order valence-electron chi connectivity index (χ0n) is 12.7. The first kappa shape index (κ1) is 15.0. The largest absolute Gasteiger partial charge is 0.478 e. The van der Waals surface area contributed by atoms with Gasteiger partial charge in [0.1, 0.15) is 0 Å². The molecule has 0 saturated carbocycles. The van der Waals surface area contributed by atoms with E-state index < -0.39 is 17.5 Å². The Morgan fingerprint density at radius 2 is 1.82 bits per heavy atom. The van der Waals surface area contributed by atoms with Crippen LogP contribution in [0.4, 0.5) is 0 Å². The van der Waals surface area contributed by atoms with E-state index >= 15 is 0 Å². The van der Waals surface area contributed by atoms with E-state index in [1.807, 2.05) is 18.2 Å². The maximum Gasteiger partial charge on any atom is 0.348 e. The zero-order valence-corrected chi connectivity index (χ0v) is 12.7. The van der Waals surface area contributed by atoms with Gasteiger partial charge >= 0.3 is 11.9 Å². The monoisotopic (exact) mass is 303 g/mol. The number of hydrogen-bond acceptors (Lipinski definition) is 4. The lowest BCUT2D eigenvalue weighted by atomic mass is 9.85. The molecular formula is C17H21NO4. The minimum atomic E-state index is -1.34. The summed E-state index contributed by atoms with van der Waals surface area (Å²) in [6, 6.07) is 10.5. The molecular weight excluding hydrogens is 282 g/mol. The first-order chi connectivity index (χ1) is 10.5. The van der Waals surface area contributed by atoms with E-state index in [-0.39, 0.29) is 12.1 Å². The number of hydrogen-bond donors (Lipinski definition) is 1. The van der Waals surface area contributed by atoms with Gasteiger partial charge in [0.15, 0.2) is 0 Å². The van der Waals surface area contributed by atoms with Crippen molar-refractivity contribution in [3.63, 3.8) is 0 Å². The van der Waals surface area contributed by atoms with Gasteiger partial charge in [-0.25, -0.2) is 4.79 Å². The number of benzene rings is 1. The molecule has 2 aliphatic heterocycles. The average Bonchev–Trinajstić information content (AvgIpc) is 2.71. The van der Waals surface area contributed by atoms with Crippen LogP contribution in [0.5, 0.6) is 0 Å². The van der Waals surface area contributed by atoms with Crippen molar-refractivity contribution in [3.8, 4) is 0 Å². The highest BCUT2D eigenvalue weighted by Crippen LogP contribution is 2.43. The summed E-state index contributed by atoms with van der Waals surface area (Å²) >= 11 is 0. The van der Waals surface area contributed by atoms with Crippen molar-refractivity contribution in [3.05, 3.63) is 35.9 Å². The van der Waals surface area contributed by atoms with E-state index in [1.165, 1.54) is 12.5 Å².